The van der Waals surface area contributed by atoms with Crippen LogP contribution in [0.3, 0.4) is 0 Å². The Morgan fingerprint density at radius 2 is 2.19 bits per heavy atom. The number of hydrogen-bond donors (Lipinski definition) is 1. The van der Waals surface area contributed by atoms with Gasteiger partial charge in [-0.2, -0.15) is 0 Å². The van der Waals surface area contributed by atoms with Gasteiger partial charge in [-0.25, -0.2) is 9.78 Å². The van der Waals surface area contributed by atoms with Gasteiger partial charge in [0.05, 0.1) is 11.2 Å². The van der Waals surface area contributed by atoms with Crippen LogP contribution in [0.4, 0.5) is 5.13 Å². The molecule has 7 heteroatoms. The second kappa shape index (κ2) is 5.17. The number of carbonyl (C=O) groups is 1. The van der Waals surface area contributed by atoms with Crippen LogP contribution in [0.5, 0.6) is 0 Å². The van der Waals surface area contributed by atoms with Gasteiger partial charge >= 0.3 is 5.76 Å². The van der Waals surface area contributed by atoms with Crippen LogP contribution in [-0.4, -0.2) is 15.5 Å². The average Bonchev–Trinajstić information content (AvgIpc) is 3.00. The van der Waals surface area contributed by atoms with E-state index in [1.807, 2.05) is 12.3 Å². The van der Waals surface area contributed by atoms with Gasteiger partial charge < -0.3 is 9.73 Å². The molecule has 0 aliphatic heterocycles. The molecule has 21 heavy (non-hydrogen) atoms. The smallest absolute Gasteiger partial charge is 0.408 e. The fourth-order valence-corrected chi connectivity index (χ4v) is 2.78. The van der Waals surface area contributed by atoms with Gasteiger partial charge in [0.1, 0.15) is 6.04 Å². The number of nitrogens with zero attached hydrogens (tertiary/aromatic N) is 2. The van der Waals surface area contributed by atoms with E-state index in [1.54, 1.807) is 31.2 Å². The van der Waals surface area contributed by atoms with Crippen molar-refractivity contribution >= 4 is 33.5 Å². The summed E-state index contributed by atoms with van der Waals surface area (Å²) in [6.07, 6.45) is 0. The molecular weight excluding hydrogens is 290 g/mol. The molecule has 0 aliphatic rings. The standard InChI is InChI=1S/C14H13N3O3S/c1-8-7-21-13(15-8)16-12(18)9(2)17-10-5-3-4-6-11(10)20-14(17)19/h3-7,9H,1-2H3,(H,15,16,18)/t9-/m1/s1. The number of carbonyl (C=O) groups excluding carboxylic acids is 1. The summed E-state index contributed by atoms with van der Waals surface area (Å²) in [5, 5.41) is 5.08. The quantitative estimate of drug-likeness (QED) is 0.806. The summed E-state index contributed by atoms with van der Waals surface area (Å²) in [6, 6.07) is 6.33. The predicted octanol–water partition coefficient (Wildman–Crippen LogP) is 2.56. The van der Waals surface area contributed by atoms with E-state index in [1.165, 1.54) is 15.9 Å². The molecule has 0 radical (unpaired) electrons. The zero-order chi connectivity index (χ0) is 15.0. The Morgan fingerprint density at radius 1 is 1.43 bits per heavy atom. The number of rotatable bonds is 3. The molecular formula is C14H13N3O3S. The highest BCUT2D eigenvalue weighted by Crippen LogP contribution is 2.19. The molecule has 108 valence electrons. The van der Waals surface area contributed by atoms with Crippen molar-refractivity contribution in [1.82, 2.24) is 9.55 Å². The topological polar surface area (TPSA) is 77.1 Å². The minimum absolute atomic E-state index is 0.307. The van der Waals surface area contributed by atoms with Crippen LogP contribution in [0.25, 0.3) is 11.1 Å². The second-order valence-corrected chi connectivity index (χ2v) is 5.52. The first-order valence-electron chi connectivity index (χ1n) is 6.39. The molecule has 3 aromatic rings. The molecule has 0 fully saturated rings. The highest BCUT2D eigenvalue weighted by molar-refractivity contribution is 7.13. The minimum Gasteiger partial charge on any atom is -0.408 e. The summed E-state index contributed by atoms with van der Waals surface area (Å²) in [5.41, 5.74) is 1.90. The monoisotopic (exact) mass is 303 g/mol. The zero-order valence-electron chi connectivity index (χ0n) is 11.5. The molecule has 1 aromatic carbocycles. The number of nitrogens with one attached hydrogen (secondary N) is 1. The van der Waals surface area contributed by atoms with Gasteiger partial charge in [-0.3, -0.25) is 9.36 Å². The second-order valence-electron chi connectivity index (χ2n) is 4.66. The van der Waals surface area contributed by atoms with Gasteiger partial charge in [-0.1, -0.05) is 12.1 Å². The van der Waals surface area contributed by atoms with E-state index in [9.17, 15) is 9.59 Å². The van der Waals surface area contributed by atoms with Crippen molar-refractivity contribution in [2.45, 2.75) is 19.9 Å². The molecule has 0 spiro atoms. The van der Waals surface area contributed by atoms with Gasteiger partial charge in [0.25, 0.3) is 0 Å². The first kappa shape index (κ1) is 13.6. The van der Waals surface area contributed by atoms with E-state index < -0.39 is 11.8 Å². The number of aryl methyl sites for hydroxylation is 1. The Hall–Kier alpha value is -2.41. The molecule has 6 nitrogen and oxygen atoms in total. The summed E-state index contributed by atoms with van der Waals surface area (Å²) in [6.45, 7) is 3.50. The van der Waals surface area contributed by atoms with Crippen LogP contribution < -0.4 is 11.1 Å². The first-order valence-corrected chi connectivity index (χ1v) is 7.27. The predicted molar refractivity (Wildman–Crippen MR) is 80.7 cm³/mol. The molecule has 2 aromatic heterocycles. The largest absolute Gasteiger partial charge is 0.420 e. The van der Waals surface area contributed by atoms with Crippen LogP contribution in [0.2, 0.25) is 0 Å². The molecule has 0 unspecified atom stereocenters. The molecule has 0 saturated carbocycles. The zero-order valence-corrected chi connectivity index (χ0v) is 12.3. The van der Waals surface area contributed by atoms with E-state index in [4.69, 9.17) is 4.42 Å². The number of para-hydroxylation sites is 2. The van der Waals surface area contributed by atoms with E-state index >= 15 is 0 Å². The molecule has 1 N–H and O–H groups in total. The third-order valence-electron chi connectivity index (χ3n) is 3.13. The van der Waals surface area contributed by atoms with Crippen molar-refractivity contribution in [3.63, 3.8) is 0 Å². The Balaban J connectivity index is 1.93. The van der Waals surface area contributed by atoms with Gasteiger partial charge in [-0.15, -0.1) is 11.3 Å². The van der Waals surface area contributed by atoms with E-state index in [0.717, 1.165) is 5.69 Å². The lowest BCUT2D eigenvalue weighted by Gasteiger charge is -2.11. The third kappa shape index (κ3) is 2.47. The maximum Gasteiger partial charge on any atom is 0.420 e. The van der Waals surface area contributed by atoms with Crippen LogP contribution >= 0.6 is 11.3 Å². The fourth-order valence-electron chi connectivity index (χ4n) is 2.09. The highest BCUT2D eigenvalue weighted by atomic mass is 32.1. The third-order valence-corrected chi connectivity index (χ3v) is 4.01. The Kier molecular flexibility index (Phi) is 3.34. The van der Waals surface area contributed by atoms with Crippen molar-refractivity contribution in [1.29, 1.82) is 0 Å². The fraction of sp³-hybridized carbons (Fsp3) is 0.214. The maximum absolute atomic E-state index is 12.3. The average molecular weight is 303 g/mol. The van der Waals surface area contributed by atoms with Gasteiger partial charge in [0.2, 0.25) is 5.91 Å². The van der Waals surface area contributed by atoms with Crippen LogP contribution in [0.15, 0.2) is 38.9 Å². The van der Waals surface area contributed by atoms with Crippen LogP contribution in [0, 0.1) is 6.92 Å². The maximum atomic E-state index is 12.3. The molecule has 2 heterocycles. The summed E-state index contributed by atoms with van der Waals surface area (Å²) in [4.78, 5) is 28.4. The Morgan fingerprint density at radius 3 is 2.90 bits per heavy atom. The molecule has 0 aliphatic carbocycles. The minimum atomic E-state index is -0.689. The number of anilines is 1. The van der Waals surface area contributed by atoms with Gasteiger partial charge in [0, 0.05) is 5.38 Å². The molecule has 1 amide bonds. The lowest BCUT2D eigenvalue weighted by atomic mass is 10.2. The van der Waals surface area contributed by atoms with Crippen LogP contribution in [-0.2, 0) is 4.79 Å². The summed E-state index contributed by atoms with van der Waals surface area (Å²) in [7, 11) is 0. The van der Waals surface area contributed by atoms with Crippen LogP contribution in [0.1, 0.15) is 18.7 Å². The molecule has 0 saturated heterocycles. The summed E-state index contributed by atoms with van der Waals surface area (Å²) >= 11 is 1.35. The number of fused-ring (bicyclic) bond motifs is 1. The molecule has 3 rings (SSSR count). The normalized spacial score (nSPS) is 12.5. The van der Waals surface area contributed by atoms with Crippen molar-refractivity contribution in [2.24, 2.45) is 0 Å². The summed E-state index contributed by atoms with van der Waals surface area (Å²) < 4.78 is 6.48. The van der Waals surface area contributed by atoms with Crippen molar-refractivity contribution in [3.05, 3.63) is 45.9 Å². The molecule has 1 atom stereocenters. The van der Waals surface area contributed by atoms with Gasteiger partial charge in [0.15, 0.2) is 10.7 Å². The number of amides is 1. The SMILES string of the molecule is Cc1csc(NC(=O)[C@@H](C)n2c(=O)oc3ccccc32)n1. The number of hydrogen-bond acceptors (Lipinski definition) is 5. The van der Waals surface area contributed by atoms with Crippen molar-refractivity contribution in [3.8, 4) is 0 Å². The number of oxazole rings is 1. The lowest BCUT2D eigenvalue weighted by Crippen LogP contribution is -2.29. The van der Waals surface area contributed by atoms with E-state index in [-0.39, 0.29) is 5.91 Å². The summed E-state index contributed by atoms with van der Waals surface area (Å²) in [5.74, 6) is -0.854. The number of aromatic nitrogens is 2. The van der Waals surface area contributed by atoms with E-state index in [0.29, 0.717) is 16.2 Å². The number of thiazole rings is 1. The van der Waals surface area contributed by atoms with Crippen molar-refractivity contribution in [2.75, 3.05) is 5.32 Å². The molecule has 0 bridgehead atoms. The number of benzene rings is 1. The lowest BCUT2D eigenvalue weighted by molar-refractivity contribution is -0.118. The van der Waals surface area contributed by atoms with Gasteiger partial charge in [-0.05, 0) is 26.0 Å². The Bertz CT molecular complexity index is 862. The van der Waals surface area contributed by atoms with E-state index in [2.05, 4.69) is 10.3 Å². The highest BCUT2D eigenvalue weighted by Gasteiger charge is 2.21. The first-order chi connectivity index (χ1) is 10.1. The van der Waals surface area contributed by atoms with Crippen molar-refractivity contribution < 1.29 is 9.21 Å². The Labute approximate surface area is 124 Å².